The van der Waals surface area contributed by atoms with Crippen LogP contribution in [0.5, 0.6) is 5.75 Å². The lowest BCUT2D eigenvalue weighted by atomic mass is 10.0. The lowest BCUT2D eigenvalue weighted by Crippen LogP contribution is -2.27. The van der Waals surface area contributed by atoms with Gasteiger partial charge >= 0.3 is 0 Å². The zero-order chi connectivity index (χ0) is 23.4. The highest BCUT2D eigenvalue weighted by Crippen LogP contribution is 2.34. The van der Waals surface area contributed by atoms with Gasteiger partial charge in [0.15, 0.2) is 0 Å². The molecule has 1 unspecified atom stereocenters. The fourth-order valence-corrected chi connectivity index (χ4v) is 5.02. The first-order valence-electron chi connectivity index (χ1n) is 10.8. The summed E-state index contributed by atoms with van der Waals surface area (Å²) in [7, 11) is 0. The van der Waals surface area contributed by atoms with Crippen LogP contribution in [-0.2, 0) is 6.42 Å². The van der Waals surface area contributed by atoms with Crippen molar-refractivity contribution in [3.05, 3.63) is 96.8 Å². The average Bonchev–Trinajstić information content (AvgIpc) is 3.50. The summed E-state index contributed by atoms with van der Waals surface area (Å²) < 4.78 is 9.26. The second kappa shape index (κ2) is 7.74. The van der Waals surface area contributed by atoms with Gasteiger partial charge in [-0.15, -0.1) is 0 Å². The van der Waals surface area contributed by atoms with Gasteiger partial charge in [-0.25, -0.2) is 4.68 Å². The van der Waals surface area contributed by atoms with Crippen LogP contribution >= 0.6 is 11.3 Å². The molecule has 1 atom stereocenters. The molecule has 9 heteroatoms. The first-order chi connectivity index (χ1) is 16.5. The Bertz CT molecular complexity index is 1740. The maximum Gasteiger partial charge on any atom is 0.295 e. The van der Waals surface area contributed by atoms with Crippen LogP contribution < -0.4 is 20.4 Å². The predicted molar refractivity (Wildman–Crippen MR) is 130 cm³/mol. The molecule has 1 aliphatic heterocycles. The smallest absolute Gasteiger partial charge is 0.295 e. The molecule has 0 aliphatic carbocycles. The topological polar surface area (TPSA) is 91.4 Å². The average molecular weight is 470 g/mol. The highest BCUT2D eigenvalue weighted by atomic mass is 32.1. The SMILES string of the molecule is Cc1nn2c(=O)/c(=C/c3cn(-c4ccccc4)nc3-c3ccc4c(c3)CC(C)O4)sc2nc1=O. The number of ether oxygens (including phenoxy) is 1. The van der Waals surface area contributed by atoms with Gasteiger partial charge in [-0.05, 0) is 55.8 Å². The van der Waals surface area contributed by atoms with Crippen molar-refractivity contribution in [3.63, 3.8) is 0 Å². The Hall–Kier alpha value is -4.11. The quantitative estimate of drug-likeness (QED) is 0.403. The van der Waals surface area contributed by atoms with Crippen molar-refractivity contribution in [2.45, 2.75) is 26.4 Å². The van der Waals surface area contributed by atoms with Crippen molar-refractivity contribution >= 4 is 22.4 Å². The summed E-state index contributed by atoms with van der Waals surface area (Å²) in [5.74, 6) is 0.896. The van der Waals surface area contributed by atoms with E-state index in [1.165, 1.54) is 4.52 Å². The lowest BCUT2D eigenvalue weighted by Gasteiger charge is -2.04. The molecule has 1 aliphatic rings. The zero-order valence-electron chi connectivity index (χ0n) is 18.4. The third-order valence-corrected chi connectivity index (χ3v) is 6.72. The summed E-state index contributed by atoms with van der Waals surface area (Å²) in [6, 6.07) is 15.9. The molecule has 5 aromatic rings. The second-order valence-corrected chi connectivity index (χ2v) is 9.29. The molecule has 0 amide bonds. The van der Waals surface area contributed by atoms with Gasteiger partial charge in [0.2, 0.25) is 4.96 Å². The fraction of sp³-hybridized carbons (Fsp3) is 0.160. The van der Waals surface area contributed by atoms with Crippen LogP contribution in [0.15, 0.2) is 64.3 Å². The highest BCUT2D eigenvalue weighted by Gasteiger charge is 2.21. The minimum Gasteiger partial charge on any atom is -0.490 e. The lowest BCUT2D eigenvalue weighted by molar-refractivity contribution is 0.254. The number of nitrogens with zero attached hydrogens (tertiary/aromatic N) is 5. The Kier molecular flexibility index (Phi) is 4.66. The van der Waals surface area contributed by atoms with Gasteiger partial charge in [-0.2, -0.15) is 19.7 Å². The number of aryl methyl sites for hydroxylation is 1. The molecule has 0 N–H and O–H groups in total. The van der Waals surface area contributed by atoms with E-state index in [1.54, 1.807) is 17.7 Å². The van der Waals surface area contributed by atoms with Gasteiger partial charge < -0.3 is 4.74 Å². The summed E-state index contributed by atoms with van der Waals surface area (Å²) in [5, 5.41) is 8.96. The maximum absolute atomic E-state index is 13.0. The molecule has 8 nitrogen and oxygen atoms in total. The van der Waals surface area contributed by atoms with Gasteiger partial charge in [0, 0.05) is 23.7 Å². The number of fused-ring (bicyclic) bond motifs is 2. The van der Waals surface area contributed by atoms with Crippen molar-refractivity contribution in [1.29, 1.82) is 0 Å². The van der Waals surface area contributed by atoms with Gasteiger partial charge in [-0.3, -0.25) is 9.59 Å². The van der Waals surface area contributed by atoms with Crippen molar-refractivity contribution in [2.75, 3.05) is 0 Å². The monoisotopic (exact) mass is 469 g/mol. The van der Waals surface area contributed by atoms with E-state index in [9.17, 15) is 9.59 Å². The van der Waals surface area contributed by atoms with Crippen molar-refractivity contribution in [1.82, 2.24) is 24.4 Å². The molecule has 34 heavy (non-hydrogen) atoms. The molecule has 0 radical (unpaired) electrons. The first-order valence-corrected chi connectivity index (χ1v) is 11.7. The third kappa shape index (κ3) is 3.41. The Morgan fingerprint density at radius 3 is 2.76 bits per heavy atom. The van der Waals surface area contributed by atoms with Gasteiger partial charge in [0.1, 0.15) is 23.2 Å². The minimum absolute atomic E-state index is 0.145. The third-order valence-electron chi connectivity index (χ3n) is 5.76. The van der Waals surface area contributed by atoms with E-state index in [1.807, 2.05) is 48.7 Å². The van der Waals surface area contributed by atoms with Crippen molar-refractivity contribution < 1.29 is 4.74 Å². The molecule has 0 saturated carbocycles. The normalized spacial score (nSPS) is 15.6. The summed E-state index contributed by atoms with van der Waals surface area (Å²) in [5.41, 5.74) is 3.95. The predicted octanol–water partition coefficient (Wildman–Crippen LogP) is 2.54. The Morgan fingerprint density at radius 1 is 1.12 bits per heavy atom. The van der Waals surface area contributed by atoms with Crippen LogP contribution in [0.4, 0.5) is 0 Å². The number of rotatable bonds is 3. The molecule has 4 heterocycles. The maximum atomic E-state index is 13.0. The molecule has 0 saturated heterocycles. The number of aromatic nitrogens is 5. The van der Waals surface area contributed by atoms with Crippen LogP contribution in [0, 0.1) is 6.92 Å². The van der Waals surface area contributed by atoms with Crippen molar-refractivity contribution in [3.8, 4) is 22.7 Å². The van der Waals surface area contributed by atoms with E-state index in [0.29, 0.717) is 4.53 Å². The second-order valence-electron chi connectivity index (χ2n) is 8.28. The first kappa shape index (κ1) is 20.5. The van der Waals surface area contributed by atoms with Crippen molar-refractivity contribution in [2.24, 2.45) is 0 Å². The number of para-hydroxylation sites is 1. The fourth-order valence-electron chi connectivity index (χ4n) is 4.13. The Balaban J connectivity index is 1.56. The molecule has 168 valence electrons. The molecule has 0 spiro atoms. The van der Waals surface area contributed by atoms with E-state index < -0.39 is 5.56 Å². The van der Waals surface area contributed by atoms with Gasteiger partial charge in [-0.1, -0.05) is 29.5 Å². The standard InChI is InChI=1S/C25H19N5O3S/c1-14-10-17-11-16(8-9-20(17)33-14)22-18(13-29(28-22)19-6-4-3-5-7-19)12-21-24(32)30-25(34-21)26-23(31)15(2)27-30/h3-9,11-14H,10H2,1-2H3/b21-12-. The number of benzene rings is 2. The molecule has 3 aromatic heterocycles. The van der Waals surface area contributed by atoms with E-state index in [-0.39, 0.29) is 22.3 Å². The van der Waals surface area contributed by atoms with Gasteiger partial charge in [0.05, 0.1) is 10.2 Å². The number of hydrogen-bond donors (Lipinski definition) is 0. The number of thiazole rings is 1. The van der Waals surface area contributed by atoms with Crippen LogP contribution in [0.3, 0.4) is 0 Å². The Morgan fingerprint density at radius 2 is 1.94 bits per heavy atom. The molecular weight excluding hydrogens is 450 g/mol. The van der Waals surface area contributed by atoms with Gasteiger partial charge in [0.25, 0.3) is 11.1 Å². The van der Waals surface area contributed by atoms with Crippen LogP contribution in [0.1, 0.15) is 23.7 Å². The largest absolute Gasteiger partial charge is 0.490 e. The van der Waals surface area contributed by atoms with E-state index >= 15 is 0 Å². The summed E-state index contributed by atoms with van der Waals surface area (Å²) in [6.07, 6.45) is 4.67. The summed E-state index contributed by atoms with van der Waals surface area (Å²) >= 11 is 1.14. The number of hydrogen-bond acceptors (Lipinski definition) is 7. The minimum atomic E-state index is -0.431. The summed E-state index contributed by atoms with van der Waals surface area (Å²) in [6.45, 7) is 3.59. The van der Waals surface area contributed by atoms with E-state index in [4.69, 9.17) is 9.84 Å². The zero-order valence-corrected chi connectivity index (χ0v) is 19.2. The molecule has 2 aromatic carbocycles. The Labute approximate surface area is 197 Å². The molecule has 0 bridgehead atoms. The molecular formula is C25H19N5O3S. The van der Waals surface area contributed by atoms with Crippen LogP contribution in [-0.4, -0.2) is 30.5 Å². The molecule has 6 rings (SSSR count). The summed E-state index contributed by atoms with van der Waals surface area (Å²) in [4.78, 5) is 29.2. The van der Waals surface area contributed by atoms with E-state index in [2.05, 4.69) is 23.1 Å². The molecule has 0 fully saturated rings. The van der Waals surface area contributed by atoms with Crippen LogP contribution in [0.25, 0.3) is 28.0 Å². The highest BCUT2D eigenvalue weighted by molar-refractivity contribution is 7.15. The van der Waals surface area contributed by atoms with E-state index in [0.717, 1.165) is 51.6 Å². The van der Waals surface area contributed by atoms with Crippen LogP contribution in [0.2, 0.25) is 0 Å².